The van der Waals surface area contributed by atoms with Crippen LogP contribution in [0.25, 0.3) is 0 Å². The van der Waals surface area contributed by atoms with Crippen molar-refractivity contribution in [3.63, 3.8) is 0 Å². The molecule has 0 fully saturated rings. The van der Waals surface area contributed by atoms with Gasteiger partial charge in [-0.1, -0.05) is 15.9 Å². The van der Waals surface area contributed by atoms with E-state index in [1.165, 1.54) is 12.1 Å². The third-order valence-electron chi connectivity index (χ3n) is 2.03. The van der Waals surface area contributed by atoms with Crippen molar-refractivity contribution in [1.82, 2.24) is 9.97 Å². The molecule has 5 heteroatoms. The lowest BCUT2D eigenvalue weighted by Gasteiger charge is -2.06. The smallest absolute Gasteiger partial charge is 0.144 e. The van der Waals surface area contributed by atoms with Crippen LogP contribution < -0.4 is 5.32 Å². The van der Waals surface area contributed by atoms with E-state index >= 15 is 0 Å². The van der Waals surface area contributed by atoms with Gasteiger partial charge in [-0.2, -0.15) is 0 Å². The van der Waals surface area contributed by atoms with Crippen molar-refractivity contribution in [3.05, 3.63) is 52.6 Å². The Balaban J connectivity index is 2.08. The summed E-state index contributed by atoms with van der Waals surface area (Å²) in [6.45, 7) is 0.497. The lowest BCUT2D eigenvalue weighted by Crippen LogP contribution is -2.02. The summed E-state index contributed by atoms with van der Waals surface area (Å²) in [5.41, 5.74) is 0.839. The van der Waals surface area contributed by atoms with Gasteiger partial charge in [-0.3, -0.25) is 4.98 Å². The van der Waals surface area contributed by atoms with Crippen LogP contribution >= 0.6 is 15.9 Å². The molecule has 0 spiro atoms. The largest absolute Gasteiger partial charge is 0.365 e. The Bertz CT molecular complexity index is 476. The normalized spacial score (nSPS) is 10.1. The minimum atomic E-state index is -0.251. The molecule has 0 aliphatic rings. The number of hydrogen-bond donors (Lipinski definition) is 1. The van der Waals surface area contributed by atoms with Crippen LogP contribution in [0.1, 0.15) is 5.56 Å². The third kappa shape index (κ3) is 2.76. The highest BCUT2D eigenvalue weighted by Crippen LogP contribution is 2.18. The van der Waals surface area contributed by atoms with Gasteiger partial charge in [-0.15, -0.1) is 0 Å². The van der Waals surface area contributed by atoms with Crippen LogP contribution in [-0.4, -0.2) is 9.97 Å². The SMILES string of the molecule is Fc1ccc(Br)c(CNc2cnccn2)c1. The molecule has 0 bridgehead atoms. The van der Waals surface area contributed by atoms with Crippen molar-refractivity contribution < 1.29 is 4.39 Å². The van der Waals surface area contributed by atoms with Crippen LogP contribution in [0, 0.1) is 5.82 Å². The molecule has 1 N–H and O–H groups in total. The minimum absolute atomic E-state index is 0.251. The highest BCUT2D eigenvalue weighted by atomic mass is 79.9. The van der Waals surface area contributed by atoms with Gasteiger partial charge in [0.15, 0.2) is 0 Å². The summed E-state index contributed by atoms with van der Waals surface area (Å²) >= 11 is 3.36. The topological polar surface area (TPSA) is 37.8 Å². The number of nitrogens with zero attached hydrogens (tertiary/aromatic N) is 2. The average Bonchev–Trinajstić information content (AvgIpc) is 2.32. The first kappa shape index (κ1) is 11.0. The molecule has 0 amide bonds. The number of benzene rings is 1. The molecule has 1 heterocycles. The molecule has 0 aliphatic heterocycles. The Kier molecular flexibility index (Phi) is 3.46. The van der Waals surface area contributed by atoms with Crippen molar-refractivity contribution in [2.45, 2.75) is 6.54 Å². The fraction of sp³-hybridized carbons (Fsp3) is 0.0909. The number of hydrogen-bond acceptors (Lipinski definition) is 3. The Morgan fingerprint density at radius 1 is 1.31 bits per heavy atom. The van der Waals surface area contributed by atoms with Crippen molar-refractivity contribution in [1.29, 1.82) is 0 Å². The molecule has 0 aliphatic carbocycles. The summed E-state index contributed by atoms with van der Waals surface area (Å²) in [7, 11) is 0. The fourth-order valence-corrected chi connectivity index (χ4v) is 1.64. The second-order valence-corrected chi connectivity index (χ2v) is 4.03. The number of anilines is 1. The molecular formula is C11H9BrFN3. The summed E-state index contributed by atoms with van der Waals surface area (Å²) < 4.78 is 13.9. The van der Waals surface area contributed by atoms with Crippen LogP contribution in [0.2, 0.25) is 0 Å². The molecule has 16 heavy (non-hydrogen) atoms. The van der Waals surface area contributed by atoms with E-state index in [1.54, 1.807) is 24.7 Å². The Labute approximate surface area is 101 Å². The molecule has 0 atom stereocenters. The second kappa shape index (κ2) is 5.03. The van der Waals surface area contributed by atoms with Gasteiger partial charge in [-0.05, 0) is 23.8 Å². The first-order valence-corrected chi connectivity index (χ1v) is 5.49. The Morgan fingerprint density at radius 2 is 2.19 bits per heavy atom. The molecule has 0 radical (unpaired) electrons. The van der Waals surface area contributed by atoms with Gasteiger partial charge in [0.25, 0.3) is 0 Å². The minimum Gasteiger partial charge on any atom is -0.365 e. The van der Waals surface area contributed by atoms with Crippen molar-refractivity contribution in [2.75, 3.05) is 5.32 Å². The van der Waals surface area contributed by atoms with Crippen LogP contribution in [0.4, 0.5) is 10.2 Å². The van der Waals surface area contributed by atoms with E-state index in [0.717, 1.165) is 10.0 Å². The Morgan fingerprint density at radius 3 is 2.94 bits per heavy atom. The second-order valence-electron chi connectivity index (χ2n) is 3.18. The van der Waals surface area contributed by atoms with Gasteiger partial charge in [0.1, 0.15) is 11.6 Å². The molecule has 1 aromatic heterocycles. The van der Waals surface area contributed by atoms with Crippen LogP contribution in [0.5, 0.6) is 0 Å². The molecular weight excluding hydrogens is 273 g/mol. The predicted molar refractivity (Wildman–Crippen MR) is 63.5 cm³/mol. The summed E-state index contributed by atoms with van der Waals surface area (Å²) in [5.74, 6) is 0.415. The molecule has 2 aromatic rings. The number of rotatable bonds is 3. The summed E-state index contributed by atoms with van der Waals surface area (Å²) in [5, 5.41) is 3.06. The first-order chi connectivity index (χ1) is 7.75. The van der Waals surface area contributed by atoms with Crippen molar-refractivity contribution >= 4 is 21.7 Å². The molecule has 1 aromatic carbocycles. The molecule has 0 saturated heterocycles. The number of nitrogens with one attached hydrogen (secondary N) is 1. The Hall–Kier alpha value is -1.49. The number of halogens is 2. The summed E-state index contributed by atoms with van der Waals surface area (Å²) in [6, 6.07) is 4.58. The molecule has 0 saturated carbocycles. The molecule has 0 unspecified atom stereocenters. The van der Waals surface area contributed by atoms with Gasteiger partial charge < -0.3 is 5.32 Å². The van der Waals surface area contributed by atoms with E-state index in [2.05, 4.69) is 31.2 Å². The summed E-state index contributed by atoms with van der Waals surface area (Å²) in [4.78, 5) is 7.99. The molecule has 82 valence electrons. The zero-order chi connectivity index (χ0) is 11.4. The van der Waals surface area contributed by atoms with Gasteiger partial charge in [0, 0.05) is 23.4 Å². The maximum Gasteiger partial charge on any atom is 0.144 e. The number of aromatic nitrogens is 2. The van der Waals surface area contributed by atoms with Gasteiger partial charge in [0.2, 0.25) is 0 Å². The lowest BCUT2D eigenvalue weighted by molar-refractivity contribution is 0.625. The van der Waals surface area contributed by atoms with Crippen LogP contribution in [0.15, 0.2) is 41.3 Å². The average molecular weight is 282 g/mol. The first-order valence-electron chi connectivity index (χ1n) is 4.69. The monoisotopic (exact) mass is 281 g/mol. The zero-order valence-electron chi connectivity index (χ0n) is 8.32. The van der Waals surface area contributed by atoms with Gasteiger partial charge in [-0.25, -0.2) is 9.37 Å². The van der Waals surface area contributed by atoms with Crippen molar-refractivity contribution in [2.24, 2.45) is 0 Å². The molecule has 2 rings (SSSR count). The van der Waals surface area contributed by atoms with Crippen molar-refractivity contribution in [3.8, 4) is 0 Å². The van der Waals surface area contributed by atoms with E-state index in [1.807, 2.05) is 0 Å². The highest BCUT2D eigenvalue weighted by molar-refractivity contribution is 9.10. The fourth-order valence-electron chi connectivity index (χ4n) is 1.25. The van der Waals surface area contributed by atoms with E-state index in [4.69, 9.17) is 0 Å². The van der Waals surface area contributed by atoms with Gasteiger partial charge >= 0.3 is 0 Å². The van der Waals surface area contributed by atoms with E-state index in [0.29, 0.717) is 12.4 Å². The standard InChI is InChI=1S/C11H9BrFN3/c12-10-2-1-9(13)5-8(10)6-16-11-7-14-3-4-15-11/h1-5,7H,6H2,(H,15,16). The third-order valence-corrected chi connectivity index (χ3v) is 2.80. The lowest BCUT2D eigenvalue weighted by atomic mass is 10.2. The van der Waals surface area contributed by atoms with Crippen LogP contribution in [0.3, 0.4) is 0 Å². The van der Waals surface area contributed by atoms with E-state index in [-0.39, 0.29) is 5.82 Å². The predicted octanol–water partition coefficient (Wildman–Crippen LogP) is 2.99. The maximum atomic E-state index is 13.0. The van der Waals surface area contributed by atoms with E-state index in [9.17, 15) is 4.39 Å². The highest BCUT2D eigenvalue weighted by Gasteiger charge is 2.01. The maximum absolute atomic E-state index is 13.0. The quantitative estimate of drug-likeness (QED) is 0.940. The zero-order valence-corrected chi connectivity index (χ0v) is 9.91. The van der Waals surface area contributed by atoms with Gasteiger partial charge in [0.05, 0.1) is 6.20 Å². The van der Waals surface area contributed by atoms with E-state index < -0.39 is 0 Å². The molecule has 3 nitrogen and oxygen atoms in total. The summed E-state index contributed by atoms with van der Waals surface area (Å²) in [6.07, 6.45) is 4.82. The van der Waals surface area contributed by atoms with Crippen LogP contribution in [-0.2, 0) is 6.54 Å².